The summed E-state index contributed by atoms with van der Waals surface area (Å²) in [6.45, 7) is -0.205. The zero-order valence-electron chi connectivity index (χ0n) is 11.6. The second-order valence-corrected chi connectivity index (χ2v) is 5.05. The molecule has 4 nitrogen and oxygen atoms in total. The lowest BCUT2D eigenvalue weighted by Crippen LogP contribution is -2.32. The van der Waals surface area contributed by atoms with Gasteiger partial charge in [-0.3, -0.25) is 4.79 Å². The van der Waals surface area contributed by atoms with Gasteiger partial charge >= 0.3 is 0 Å². The van der Waals surface area contributed by atoms with Crippen molar-refractivity contribution in [2.75, 3.05) is 13.2 Å². The predicted octanol–water partition coefficient (Wildman–Crippen LogP) is 2.71. The zero-order valence-corrected chi connectivity index (χ0v) is 12.4. The zero-order chi connectivity index (χ0) is 15.9. The van der Waals surface area contributed by atoms with Crippen LogP contribution in [0, 0.1) is 5.82 Å². The van der Waals surface area contributed by atoms with Crippen LogP contribution in [-0.2, 0) is 4.79 Å². The van der Waals surface area contributed by atoms with E-state index in [1.165, 1.54) is 18.2 Å². The highest BCUT2D eigenvalue weighted by molar-refractivity contribution is 6.30. The third kappa shape index (κ3) is 5.02. The summed E-state index contributed by atoms with van der Waals surface area (Å²) in [5.41, 5.74) is 0.649. The van der Waals surface area contributed by atoms with E-state index in [2.05, 4.69) is 5.32 Å². The van der Waals surface area contributed by atoms with Gasteiger partial charge in [0.2, 0.25) is 0 Å². The Bertz CT molecular complexity index is 634. The maximum absolute atomic E-state index is 12.9. The van der Waals surface area contributed by atoms with Crippen LogP contribution in [-0.4, -0.2) is 24.2 Å². The van der Waals surface area contributed by atoms with Crippen LogP contribution in [0.15, 0.2) is 48.5 Å². The maximum Gasteiger partial charge on any atom is 0.258 e. The van der Waals surface area contributed by atoms with Crippen molar-refractivity contribution in [3.63, 3.8) is 0 Å². The minimum Gasteiger partial charge on any atom is -0.484 e. The van der Waals surface area contributed by atoms with Gasteiger partial charge in [-0.1, -0.05) is 29.8 Å². The summed E-state index contributed by atoms with van der Waals surface area (Å²) < 4.78 is 18.1. The van der Waals surface area contributed by atoms with E-state index in [-0.39, 0.29) is 18.9 Å². The normalized spacial score (nSPS) is 11.8. The smallest absolute Gasteiger partial charge is 0.258 e. The minimum absolute atomic E-state index is 0.0486. The number of halogens is 2. The summed E-state index contributed by atoms with van der Waals surface area (Å²) in [4.78, 5) is 11.6. The molecule has 0 aliphatic carbocycles. The molecule has 0 spiro atoms. The van der Waals surface area contributed by atoms with Crippen molar-refractivity contribution in [3.05, 3.63) is 64.9 Å². The summed E-state index contributed by atoms with van der Waals surface area (Å²) in [5.74, 6) is -0.568. The topological polar surface area (TPSA) is 58.6 Å². The van der Waals surface area contributed by atoms with Crippen LogP contribution in [0.25, 0.3) is 0 Å². The molecule has 116 valence electrons. The maximum atomic E-state index is 12.9. The summed E-state index contributed by atoms with van der Waals surface area (Å²) >= 11 is 5.76. The summed E-state index contributed by atoms with van der Waals surface area (Å²) in [5, 5.41) is 13.0. The molecule has 0 heterocycles. The van der Waals surface area contributed by atoms with Crippen LogP contribution in [0.4, 0.5) is 4.39 Å². The Labute approximate surface area is 132 Å². The fourth-order valence-corrected chi connectivity index (χ4v) is 1.90. The Morgan fingerprint density at radius 2 is 2.00 bits per heavy atom. The quantitative estimate of drug-likeness (QED) is 0.859. The van der Waals surface area contributed by atoms with Crippen molar-refractivity contribution < 1.29 is 19.0 Å². The van der Waals surface area contributed by atoms with Crippen LogP contribution >= 0.6 is 11.6 Å². The average molecular weight is 324 g/mol. The molecule has 1 atom stereocenters. The Balaban J connectivity index is 1.76. The molecule has 0 fully saturated rings. The number of hydrogen-bond donors (Lipinski definition) is 2. The van der Waals surface area contributed by atoms with E-state index in [1.807, 2.05) is 0 Å². The number of ether oxygens (including phenoxy) is 1. The molecule has 0 aliphatic rings. The number of amides is 1. The van der Waals surface area contributed by atoms with Gasteiger partial charge < -0.3 is 15.2 Å². The highest BCUT2D eigenvalue weighted by atomic mass is 35.5. The van der Waals surface area contributed by atoms with Crippen molar-refractivity contribution in [1.29, 1.82) is 0 Å². The third-order valence-corrected chi connectivity index (χ3v) is 3.17. The fraction of sp³-hybridized carbons (Fsp3) is 0.188. The van der Waals surface area contributed by atoms with Crippen LogP contribution in [0.1, 0.15) is 11.7 Å². The van der Waals surface area contributed by atoms with E-state index in [1.54, 1.807) is 30.3 Å². The molecule has 1 amide bonds. The number of aliphatic hydroxyl groups excluding tert-OH is 1. The van der Waals surface area contributed by atoms with Crippen LogP contribution < -0.4 is 10.1 Å². The summed E-state index contributed by atoms with van der Waals surface area (Å²) in [6, 6.07) is 12.2. The standard InChI is InChI=1S/C16H15ClFNO3/c17-12-6-4-11(5-7-12)15(20)9-19-16(21)10-22-14-3-1-2-13(18)8-14/h1-8,15,20H,9-10H2,(H,19,21). The number of carbonyl (C=O) groups is 1. The molecule has 0 aliphatic heterocycles. The first-order valence-corrected chi connectivity index (χ1v) is 7.01. The van der Waals surface area contributed by atoms with E-state index in [0.717, 1.165) is 0 Å². The van der Waals surface area contributed by atoms with E-state index in [4.69, 9.17) is 16.3 Å². The lowest BCUT2D eigenvalue weighted by molar-refractivity contribution is -0.123. The SMILES string of the molecule is O=C(COc1cccc(F)c1)NCC(O)c1ccc(Cl)cc1. The van der Waals surface area contributed by atoms with Gasteiger partial charge in [-0.2, -0.15) is 0 Å². The van der Waals surface area contributed by atoms with Crippen molar-refractivity contribution in [3.8, 4) is 5.75 Å². The molecule has 0 saturated carbocycles. The largest absolute Gasteiger partial charge is 0.484 e. The monoisotopic (exact) mass is 323 g/mol. The molecule has 22 heavy (non-hydrogen) atoms. The second-order valence-electron chi connectivity index (χ2n) is 4.62. The predicted molar refractivity (Wildman–Crippen MR) is 81.3 cm³/mol. The highest BCUT2D eigenvalue weighted by Gasteiger charge is 2.10. The van der Waals surface area contributed by atoms with Crippen molar-refractivity contribution in [2.24, 2.45) is 0 Å². The Morgan fingerprint density at radius 3 is 2.68 bits per heavy atom. The van der Waals surface area contributed by atoms with Gasteiger partial charge in [0.1, 0.15) is 11.6 Å². The van der Waals surface area contributed by atoms with Gasteiger partial charge in [-0.15, -0.1) is 0 Å². The van der Waals surface area contributed by atoms with Crippen molar-refractivity contribution in [2.45, 2.75) is 6.10 Å². The molecule has 2 rings (SSSR count). The van der Waals surface area contributed by atoms with E-state index in [9.17, 15) is 14.3 Å². The van der Waals surface area contributed by atoms with Gasteiger partial charge in [0.05, 0.1) is 6.10 Å². The molecule has 1 unspecified atom stereocenters. The number of nitrogens with one attached hydrogen (secondary N) is 1. The minimum atomic E-state index is -0.838. The molecule has 2 aromatic rings. The van der Waals surface area contributed by atoms with E-state index >= 15 is 0 Å². The molecular weight excluding hydrogens is 309 g/mol. The van der Waals surface area contributed by atoms with Crippen LogP contribution in [0.2, 0.25) is 5.02 Å². The van der Waals surface area contributed by atoms with Gasteiger partial charge in [0.25, 0.3) is 5.91 Å². The van der Waals surface area contributed by atoms with Crippen LogP contribution in [0.5, 0.6) is 5.75 Å². The Hall–Kier alpha value is -2.11. The molecule has 6 heteroatoms. The van der Waals surface area contributed by atoms with Crippen LogP contribution in [0.3, 0.4) is 0 Å². The summed E-state index contributed by atoms with van der Waals surface area (Å²) in [7, 11) is 0. The Morgan fingerprint density at radius 1 is 1.27 bits per heavy atom. The molecular formula is C16H15ClFNO3. The Kier molecular flexibility index (Phi) is 5.75. The molecule has 0 saturated heterocycles. The number of rotatable bonds is 6. The van der Waals surface area contributed by atoms with Gasteiger partial charge in [-0.05, 0) is 29.8 Å². The molecule has 2 aromatic carbocycles. The van der Waals surface area contributed by atoms with Gasteiger partial charge in [0, 0.05) is 17.6 Å². The molecule has 2 N–H and O–H groups in total. The number of carbonyl (C=O) groups excluding carboxylic acids is 1. The van der Waals surface area contributed by atoms with Gasteiger partial charge in [0.15, 0.2) is 6.61 Å². The second kappa shape index (κ2) is 7.77. The first-order chi connectivity index (χ1) is 10.5. The van der Waals surface area contributed by atoms with Crippen molar-refractivity contribution in [1.82, 2.24) is 5.32 Å². The van der Waals surface area contributed by atoms with E-state index in [0.29, 0.717) is 10.6 Å². The van der Waals surface area contributed by atoms with Crippen molar-refractivity contribution >= 4 is 17.5 Å². The highest BCUT2D eigenvalue weighted by Crippen LogP contribution is 2.15. The first kappa shape index (κ1) is 16.3. The molecule has 0 bridgehead atoms. The molecule has 0 radical (unpaired) electrons. The average Bonchev–Trinajstić information content (AvgIpc) is 2.51. The third-order valence-electron chi connectivity index (χ3n) is 2.91. The number of benzene rings is 2. The lowest BCUT2D eigenvalue weighted by Gasteiger charge is -2.13. The van der Waals surface area contributed by atoms with Gasteiger partial charge in [-0.25, -0.2) is 4.39 Å². The first-order valence-electron chi connectivity index (χ1n) is 6.63. The summed E-state index contributed by atoms with van der Waals surface area (Å²) in [6.07, 6.45) is -0.838. The molecule has 0 aromatic heterocycles. The number of aliphatic hydroxyl groups is 1. The fourth-order valence-electron chi connectivity index (χ4n) is 1.77. The van der Waals surface area contributed by atoms with E-state index < -0.39 is 17.8 Å². The number of hydrogen-bond acceptors (Lipinski definition) is 3. The lowest BCUT2D eigenvalue weighted by atomic mass is 10.1.